The number of aryl methyl sites for hydroxylation is 1. The van der Waals surface area contributed by atoms with Crippen molar-refractivity contribution in [3.8, 4) is 11.4 Å². The number of amides is 5. The van der Waals surface area contributed by atoms with Gasteiger partial charge in [-0.25, -0.2) is 14.6 Å². The average molecular weight is 699 g/mol. The number of aromatic nitrogens is 5. The summed E-state index contributed by atoms with van der Waals surface area (Å²) in [4.78, 5) is 77.3. The van der Waals surface area contributed by atoms with Crippen molar-refractivity contribution in [2.24, 2.45) is 5.92 Å². The Morgan fingerprint density at radius 2 is 1.63 bits per heavy atom. The molecule has 15 heteroatoms. The molecule has 0 spiro atoms. The molecule has 15 nitrogen and oxygen atoms in total. The third-order valence-corrected chi connectivity index (χ3v) is 8.59. The van der Waals surface area contributed by atoms with Gasteiger partial charge in [0, 0.05) is 31.6 Å². The molecule has 0 bridgehead atoms. The molecule has 0 aliphatic carbocycles. The molecule has 0 saturated carbocycles. The smallest absolute Gasteiger partial charge is 0.243 e. The highest BCUT2D eigenvalue weighted by Gasteiger charge is 2.29. The molecule has 2 aromatic heterocycles. The number of carbonyl (C=O) groups is 5. The largest absolute Gasteiger partial charge is 0.354 e. The molecular formula is C36H46N10O5. The fourth-order valence-electron chi connectivity index (χ4n) is 5.95. The van der Waals surface area contributed by atoms with E-state index in [9.17, 15) is 24.0 Å². The van der Waals surface area contributed by atoms with E-state index >= 15 is 0 Å². The van der Waals surface area contributed by atoms with E-state index in [0.29, 0.717) is 31.0 Å². The van der Waals surface area contributed by atoms with Gasteiger partial charge in [0.1, 0.15) is 24.5 Å². The molecule has 270 valence electrons. The summed E-state index contributed by atoms with van der Waals surface area (Å²) >= 11 is 0. The first-order valence-electron chi connectivity index (χ1n) is 17.3. The van der Waals surface area contributed by atoms with E-state index in [-0.39, 0.29) is 50.3 Å². The first-order chi connectivity index (χ1) is 24.5. The topological polar surface area (TPSA) is 185 Å². The lowest BCUT2D eigenvalue weighted by Crippen LogP contribution is -2.54. The zero-order valence-corrected chi connectivity index (χ0v) is 29.5. The number of nitrogens with one attached hydrogen (secondary N) is 4. The highest BCUT2D eigenvalue weighted by Crippen LogP contribution is 2.20. The summed E-state index contributed by atoms with van der Waals surface area (Å²) in [6.07, 6.45) is 2.50. The number of benzene rings is 2. The minimum atomic E-state index is -0.982. The summed E-state index contributed by atoms with van der Waals surface area (Å²) in [6.45, 7) is 7.47. The van der Waals surface area contributed by atoms with Gasteiger partial charge < -0.3 is 30.7 Å². The SMILES string of the molecule is CC(C)C[C@H]1NC(=O)[C@@H](C)NC(=O)CN(C(=O)CCn2cnc3ccccc32)CCCNC(=O)Cn2nc(-c3ccccc3)nc2[C@H](C)NC1=O. The lowest BCUT2D eigenvalue weighted by Gasteiger charge is -2.25. The quantitative estimate of drug-likeness (QED) is 0.235. The third kappa shape index (κ3) is 9.77. The van der Waals surface area contributed by atoms with Crippen LogP contribution in [0.1, 0.15) is 58.8 Å². The molecule has 0 unspecified atom stereocenters. The lowest BCUT2D eigenvalue weighted by atomic mass is 10.0. The average Bonchev–Trinajstić information content (AvgIpc) is 3.72. The summed E-state index contributed by atoms with van der Waals surface area (Å²) in [5.41, 5.74) is 2.46. The summed E-state index contributed by atoms with van der Waals surface area (Å²) in [7, 11) is 0. The van der Waals surface area contributed by atoms with Gasteiger partial charge in [0.25, 0.3) is 0 Å². The number of hydrogen-bond acceptors (Lipinski definition) is 8. The third-order valence-electron chi connectivity index (χ3n) is 8.59. The molecule has 2 aromatic carbocycles. The van der Waals surface area contributed by atoms with E-state index in [1.54, 1.807) is 13.3 Å². The maximum atomic E-state index is 13.6. The maximum Gasteiger partial charge on any atom is 0.243 e. The molecule has 3 heterocycles. The van der Waals surface area contributed by atoms with Crippen LogP contribution in [0.25, 0.3) is 22.4 Å². The van der Waals surface area contributed by atoms with Crippen LogP contribution in [0.15, 0.2) is 60.9 Å². The highest BCUT2D eigenvalue weighted by molar-refractivity contribution is 5.93. The van der Waals surface area contributed by atoms with Gasteiger partial charge in [-0.1, -0.05) is 56.3 Å². The van der Waals surface area contributed by atoms with Crippen molar-refractivity contribution in [1.82, 2.24) is 50.5 Å². The second-order valence-corrected chi connectivity index (χ2v) is 13.2. The number of para-hydroxylation sites is 2. The zero-order valence-electron chi connectivity index (χ0n) is 29.5. The predicted octanol–water partition coefficient (Wildman–Crippen LogP) is 1.95. The minimum Gasteiger partial charge on any atom is -0.354 e. The normalized spacial score (nSPS) is 20.0. The Morgan fingerprint density at radius 3 is 2.39 bits per heavy atom. The summed E-state index contributed by atoms with van der Waals surface area (Å²) < 4.78 is 3.35. The van der Waals surface area contributed by atoms with Crippen LogP contribution in [0.4, 0.5) is 0 Å². The van der Waals surface area contributed by atoms with Crippen molar-refractivity contribution >= 4 is 40.6 Å². The Balaban J connectivity index is 1.36. The Bertz CT molecular complexity index is 1850. The molecule has 5 amide bonds. The standard InChI is InChI=1S/C36H46N10O5/c1-23(2)19-28-36(51)40-24(3)34-42-33(26-11-6-5-7-12-26)43-46(34)21-30(47)37-16-10-17-44(20-31(48)39-25(4)35(50)41-28)32(49)15-18-45-22-38-27-13-8-9-14-29(27)45/h5-9,11-14,22-25,28H,10,15-21H2,1-4H3,(H,37,47)(H,39,48)(H,40,51)(H,41,50)/t24-,25+,28+/m0/s1. The molecule has 51 heavy (non-hydrogen) atoms. The van der Waals surface area contributed by atoms with Crippen LogP contribution in [-0.2, 0) is 37.1 Å². The molecule has 3 atom stereocenters. The van der Waals surface area contributed by atoms with Gasteiger partial charge in [0.15, 0.2) is 5.82 Å². The van der Waals surface area contributed by atoms with E-state index in [0.717, 1.165) is 16.6 Å². The Labute approximate surface area is 296 Å². The van der Waals surface area contributed by atoms with Crippen molar-refractivity contribution in [3.05, 3.63) is 66.7 Å². The van der Waals surface area contributed by atoms with Gasteiger partial charge in [-0.2, -0.15) is 5.10 Å². The first kappa shape index (κ1) is 36.7. The van der Waals surface area contributed by atoms with Gasteiger partial charge in [0.05, 0.1) is 29.9 Å². The van der Waals surface area contributed by atoms with Gasteiger partial charge in [0.2, 0.25) is 29.5 Å². The predicted molar refractivity (Wildman–Crippen MR) is 190 cm³/mol. The molecule has 0 saturated heterocycles. The van der Waals surface area contributed by atoms with Crippen LogP contribution < -0.4 is 21.3 Å². The van der Waals surface area contributed by atoms with Gasteiger partial charge >= 0.3 is 0 Å². The fourth-order valence-corrected chi connectivity index (χ4v) is 5.95. The van der Waals surface area contributed by atoms with Gasteiger partial charge in [-0.05, 0) is 44.7 Å². The zero-order chi connectivity index (χ0) is 36.5. The number of fused-ring (bicyclic) bond motifs is 2. The molecule has 1 aliphatic heterocycles. The Morgan fingerprint density at radius 1 is 0.882 bits per heavy atom. The summed E-state index contributed by atoms with van der Waals surface area (Å²) in [5.74, 6) is -1.28. The highest BCUT2D eigenvalue weighted by atomic mass is 16.2. The number of nitrogens with zero attached hydrogens (tertiary/aromatic N) is 6. The Hall–Kier alpha value is -5.60. The first-order valence-corrected chi connectivity index (χ1v) is 17.3. The molecule has 5 rings (SSSR count). The second kappa shape index (κ2) is 16.9. The number of rotatable bonds is 6. The fraction of sp³-hybridized carbons (Fsp3) is 0.444. The molecule has 1 aliphatic rings. The van der Waals surface area contributed by atoms with E-state index in [4.69, 9.17) is 0 Å². The van der Waals surface area contributed by atoms with Crippen molar-refractivity contribution in [3.63, 3.8) is 0 Å². The minimum absolute atomic E-state index is 0.0553. The van der Waals surface area contributed by atoms with Crippen LogP contribution in [0, 0.1) is 5.92 Å². The molecule has 0 fully saturated rings. The van der Waals surface area contributed by atoms with Crippen LogP contribution >= 0.6 is 0 Å². The molecule has 4 N–H and O–H groups in total. The Kier molecular flexibility index (Phi) is 12.1. The van der Waals surface area contributed by atoms with Crippen LogP contribution in [0.5, 0.6) is 0 Å². The molecule has 0 radical (unpaired) electrons. The number of imidazole rings is 1. The lowest BCUT2D eigenvalue weighted by molar-refractivity contribution is -0.137. The van der Waals surface area contributed by atoms with Crippen molar-refractivity contribution in [2.75, 3.05) is 19.6 Å². The van der Waals surface area contributed by atoms with Crippen molar-refractivity contribution < 1.29 is 24.0 Å². The number of carbonyl (C=O) groups excluding carboxylic acids is 5. The van der Waals surface area contributed by atoms with Crippen LogP contribution in [0.3, 0.4) is 0 Å². The second-order valence-electron chi connectivity index (χ2n) is 13.2. The summed E-state index contributed by atoms with van der Waals surface area (Å²) in [5, 5.41) is 15.9. The van der Waals surface area contributed by atoms with Crippen molar-refractivity contribution in [2.45, 2.75) is 78.2 Å². The van der Waals surface area contributed by atoms with Gasteiger partial charge in [-0.3, -0.25) is 24.0 Å². The van der Waals surface area contributed by atoms with Crippen molar-refractivity contribution in [1.29, 1.82) is 0 Å². The molecule has 4 aromatic rings. The van der Waals surface area contributed by atoms with Crippen LogP contribution in [0.2, 0.25) is 0 Å². The summed E-state index contributed by atoms with van der Waals surface area (Å²) in [6, 6.07) is 14.4. The van der Waals surface area contributed by atoms with E-state index in [1.807, 2.05) is 73.0 Å². The van der Waals surface area contributed by atoms with Gasteiger partial charge in [-0.15, -0.1) is 0 Å². The molecular weight excluding hydrogens is 652 g/mol. The van der Waals surface area contributed by atoms with E-state index < -0.39 is 35.8 Å². The van der Waals surface area contributed by atoms with E-state index in [2.05, 4.69) is 36.3 Å². The monoisotopic (exact) mass is 698 g/mol. The number of hydrogen-bond donors (Lipinski definition) is 4. The van der Waals surface area contributed by atoms with E-state index in [1.165, 1.54) is 16.5 Å². The maximum absolute atomic E-state index is 13.6. The van der Waals surface area contributed by atoms with Crippen LogP contribution in [-0.4, -0.2) is 90.5 Å².